The lowest BCUT2D eigenvalue weighted by Crippen LogP contribution is -2.13. The van der Waals surface area contributed by atoms with Gasteiger partial charge >= 0.3 is 0 Å². The predicted octanol–water partition coefficient (Wildman–Crippen LogP) is 3.73. The highest BCUT2D eigenvalue weighted by Crippen LogP contribution is 2.26. The molecule has 1 N–H and O–H groups in total. The molecule has 0 aliphatic carbocycles. The van der Waals surface area contributed by atoms with E-state index in [1.807, 2.05) is 47.1 Å². The second-order valence-corrected chi connectivity index (χ2v) is 5.68. The fraction of sp³-hybridized carbons (Fsp3) is 0.222. The largest absolute Gasteiger partial charge is 0.459 e. The van der Waals surface area contributed by atoms with Crippen LogP contribution >= 0.6 is 0 Å². The summed E-state index contributed by atoms with van der Waals surface area (Å²) in [7, 11) is 0. The van der Waals surface area contributed by atoms with Crippen molar-refractivity contribution in [2.24, 2.45) is 0 Å². The minimum absolute atomic E-state index is 0.274. The molecule has 1 aromatic carbocycles. The Morgan fingerprint density at radius 1 is 1.17 bits per heavy atom. The summed E-state index contributed by atoms with van der Waals surface area (Å²) < 4.78 is 7.38. The molecule has 3 aromatic rings. The standard InChI is InChI=1S/C18H17N3O2/c22-18(19-16-12-14-8-4-5-10-21(14)20-16)17-15(9-11-23-17)13-6-2-1-3-7-13/h1-3,6-7,9,11-12H,4-5,8,10H2,(H,19,20,22). The second-order valence-electron chi connectivity index (χ2n) is 5.68. The van der Waals surface area contributed by atoms with Gasteiger partial charge in [-0.05, 0) is 30.9 Å². The second kappa shape index (κ2) is 5.76. The highest BCUT2D eigenvalue weighted by atomic mass is 16.3. The summed E-state index contributed by atoms with van der Waals surface area (Å²) in [6.45, 7) is 0.918. The van der Waals surface area contributed by atoms with E-state index in [2.05, 4.69) is 10.4 Å². The molecule has 0 fully saturated rings. The number of anilines is 1. The lowest BCUT2D eigenvalue weighted by atomic mass is 10.1. The molecular weight excluding hydrogens is 290 g/mol. The first kappa shape index (κ1) is 13.8. The first-order valence-corrected chi connectivity index (χ1v) is 7.82. The molecule has 116 valence electrons. The molecule has 0 atom stereocenters. The average Bonchev–Trinajstić information content (AvgIpc) is 3.22. The summed E-state index contributed by atoms with van der Waals surface area (Å²) in [5.41, 5.74) is 2.91. The molecule has 1 amide bonds. The quantitative estimate of drug-likeness (QED) is 0.802. The maximum absolute atomic E-state index is 12.5. The van der Waals surface area contributed by atoms with Crippen LogP contribution < -0.4 is 5.32 Å². The molecule has 0 bridgehead atoms. The van der Waals surface area contributed by atoms with Crippen molar-refractivity contribution in [3.8, 4) is 11.1 Å². The molecule has 23 heavy (non-hydrogen) atoms. The molecule has 2 aromatic heterocycles. The van der Waals surface area contributed by atoms with Gasteiger partial charge in [-0.25, -0.2) is 0 Å². The average molecular weight is 307 g/mol. The number of furan rings is 1. The van der Waals surface area contributed by atoms with Crippen LogP contribution in [0.3, 0.4) is 0 Å². The number of nitrogens with zero attached hydrogens (tertiary/aromatic N) is 2. The van der Waals surface area contributed by atoms with Crippen molar-refractivity contribution < 1.29 is 9.21 Å². The summed E-state index contributed by atoms with van der Waals surface area (Å²) in [6.07, 6.45) is 4.86. The maximum Gasteiger partial charge on any atom is 0.293 e. The van der Waals surface area contributed by atoms with Crippen LogP contribution in [-0.4, -0.2) is 15.7 Å². The Morgan fingerprint density at radius 2 is 2.04 bits per heavy atom. The zero-order chi connectivity index (χ0) is 15.6. The van der Waals surface area contributed by atoms with E-state index in [0.29, 0.717) is 11.6 Å². The van der Waals surface area contributed by atoms with E-state index in [1.54, 1.807) is 0 Å². The number of benzene rings is 1. The zero-order valence-corrected chi connectivity index (χ0v) is 12.7. The van der Waals surface area contributed by atoms with Gasteiger partial charge in [0, 0.05) is 23.9 Å². The molecule has 0 radical (unpaired) electrons. The fourth-order valence-electron chi connectivity index (χ4n) is 2.98. The number of amides is 1. The Labute approximate surface area is 133 Å². The van der Waals surface area contributed by atoms with Crippen LogP contribution in [-0.2, 0) is 13.0 Å². The van der Waals surface area contributed by atoms with Crippen LogP contribution in [0.15, 0.2) is 53.1 Å². The minimum Gasteiger partial charge on any atom is -0.459 e. The highest BCUT2D eigenvalue weighted by Gasteiger charge is 2.19. The number of rotatable bonds is 3. The predicted molar refractivity (Wildman–Crippen MR) is 87.3 cm³/mol. The van der Waals surface area contributed by atoms with Crippen LogP contribution in [0.5, 0.6) is 0 Å². The molecule has 1 aliphatic rings. The van der Waals surface area contributed by atoms with Gasteiger partial charge in [0.2, 0.25) is 0 Å². The molecule has 0 spiro atoms. The molecule has 5 heteroatoms. The summed E-state index contributed by atoms with van der Waals surface area (Å²) >= 11 is 0. The van der Waals surface area contributed by atoms with Gasteiger partial charge in [0.05, 0.1) is 6.26 Å². The van der Waals surface area contributed by atoms with E-state index in [4.69, 9.17) is 4.42 Å². The molecule has 0 unspecified atom stereocenters. The lowest BCUT2D eigenvalue weighted by molar-refractivity contribution is 0.0997. The number of hydrogen-bond acceptors (Lipinski definition) is 3. The highest BCUT2D eigenvalue weighted by molar-refractivity contribution is 6.06. The Bertz CT molecular complexity index is 810. The Balaban J connectivity index is 1.58. The molecule has 3 heterocycles. The normalized spacial score (nSPS) is 13.6. The number of aryl methyl sites for hydroxylation is 2. The van der Waals surface area contributed by atoms with Crippen LogP contribution in [0, 0.1) is 0 Å². The first-order valence-electron chi connectivity index (χ1n) is 7.82. The third-order valence-electron chi connectivity index (χ3n) is 4.11. The third kappa shape index (κ3) is 2.65. The third-order valence-corrected chi connectivity index (χ3v) is 4.11. The first-order chi connectivity index (χ1) is 11.3. The lowest BCUT2D eigenvalue weighted by Gasteiger charge is -2.11. The number of carbonyl (C=O) groups is 1. The Hall–Kier alpha value is -2.82. The minimum atomic E-state index is -0.274. The molecule has 0 saturated carbocycles. The van der Waals surface area contributed by atoms with Crippen molar-refractivity contribution in [2.75, 3.05) is 5.32 Å². The maximum atomic E-state index is 12.5. The van der Waals surface area contributed by atoms with Gasteiger partial charge in [0.1, 0.15) is 0 Å². The number of aromatic nitrogens is 2. The van der Waals surface area contributed by atoms with Gasteiger partial charge in [0.25, 0.3) is 5.91 Å². The van der Waals surface area contributed by atoms with Gasteiger partial charge in [-0.3, -0.25) is 9.48 Å². The SMILES string of the molecule is O=C(Nc1cc2n(n1)CCCC2)c1occc1-c1ccccc1. The Kier molecular flexibility index (Phi) is 3.46. The number of carbonyl (C=O) groups excluding carboxylic acids is 1. The van der Waals surface area contributed by atoms with Crippen molar-refractivity contribution >= 4 is 11.7 Å². The van der Waals surface area contributed by atoms with Crippen LogP contribution in [0.1, 0.15) is 29.1 Å². The molecular formula is C18H17N3O2. The molecule has 1 aliphatic heterocycles. The van der Waals surface area contributed by atoms with Gasteiger partial charge in [-0.1, -0.05) is 30.3 Å². The van der Waals surface area contributed by atoms with E-state index in [-0.39, 0.29) is 5.91 Å². The zero-order valence-electron chi connectivity index (χ0n) is 12.7. The van der Waals surface area contributed by atoms with E-state index in [9.17, 15) is 4.79 Å². The summed E-state index contributed by atoms with van der Waals surface area (Å²) in [5, 5.41) is 7.29. The van der Waals surface area contributed by atoms with E-state index >= 15 is 0 Å². The van der Waals surface area contributed by atoms with Gasteiger partial charge in [-0.2, -0.15) is 5.10 Å². The van der Waals surface area contributed by atoms with Crippen molar-refractivity contribution in [1.29, 1.82) is 0 Å². The van der Waals surface area contributed by atoms with Crippen molar-refractivity contribution in [1.82, 2.24) is 9.78 Å². The topological polar surface area (TPSA) is 60.1 Å². The molecule has 0 saturated heterocycles. The monoisotopic (exact) mass is 307 g/mol. The summed E-state index contributed by atoms with van der Waals surface area (Å²) in [4.78, 5) is 12.5. The summed E-state index contributed by atoms with van der Waals surface area (Å²) in [5.74, 6) is 0.619. The van der Waals surface area contributed by atoms with E-state index < -0.39 is 0 Å². The van der Waals surface area contributed by atoms with Gasteiger partial charge in [-0.15, -0.1) is 0 Å². The number of fused-ring (bicyclic) bond motifs is 1. The van der Waals surface area contributed by atoms with Crippen molar-refractivity contribution in [3.63, 3.8) is 0 Å². The van der Waals surface area contributed by atoms with Crippen molar-refractivity contribution in [2.45, 2.75) is 25.8 Å². The number of hydrogen-bond donors (Lipinski definition) is 1. The molecule has 4 rings (SSSR count). The van der Waals surface area contributed by atoms with Gasteiger partial charge in [0.15, 0.2) is 11.6 Å². The molecule has 5 nitrogen and oxygen atoms in total. The van der Waals surface area contributed by atoms with E-state index in [0.717, 1.165) is 30.5 Å². The van der Waals surface area contributed by atoms with Gasteiger partial charge < -0.3 is 9.73 Å². The number of nitrogens with one attached hydrogen (secondary N) is 1. The summed E-state index contributed by atoms with van der Waals surface area (Å²) in [6, 6.07) is 13.5. The van der Waals surface area contributed by atoms with E-state index in [1.165, 1.54) is 18.4 Å². The fourth-order valence-corrected chi connectivity index (χ4v) is 2.98. The van der Waals surface area contributed by atoms with Crippen LogP contribution in [0.2, 0.25) is 0 Å². The van der Waals surface area contributed by atoms with Crippen LogP contribution in [0.4, 0.5) is 5.82 Å². The van der Waals surface area contributed by atoms with Crippen LogP contribution in [0.25, 0.3) is 11.1 Å². The smallest absolute Gasteiger partial charge is 0.293 e. The van der Waals surface area contributed by atoms with Crippen molar-refractivity contribution in [3.05, 3.63) is 60.2 Å². The Morgan fingerprint density at radius 3 is 2.87 bits per heavy atom.